The topological polar surface area (TPSA) is 96.0 Å². The molecule has 1 N–H and O–H groups in total. The number of benzene rings is 2. The molecule has 0 unspecified atom stereocenters. The number of carbonyl (C=O) groups excluding carboxylic acids is 2. The second-order valence-electron chi connectivity index (χ2n) is 7.17. The fourth-order valence-corrected chi connectivity index (χ4v) is 5.10. The van der Waals surface area contributed by atoms with Crippen LogP contribution in [0, 0.1) is 0 Å². The molecule has 0 saturated carbocycles. The van der Waals surface area contributed by atoms with Crippen LogP contribution in [0.25, 0.3) is 0 Å². The third kappa shape index (κ3) is 3.47. The molecule has 2 aliphatic heterocycles. The number of hydrogen-bond donors (Lipinski definition) is 1. The predicted octanol–water partition coefficient (Wildman–Crippen LogP) is 2.18. The second-order valence-corrected chi connectivity index (χ2v) is 9.10. The van der Waals surface area contributed by atoms with E-state index in [-0.39, 0.29) is 36.7 Å². The van der Waals surface area contributed by atoms with Gasteiger partial charge in [-0.25, -0.2) is 13.2 Å². The van der Waals surface area contributed by atoms with E-state index in [2.05, 4.69) is 5.32 Å². The van der Waals surface area contributed by atoms with E-state index in [4.69, 9.17) is 4.74 Å². The van der Waals surface area contributed by atoms with Gasteiger partial charge in [0, 0.05) is 20.1 Å². The molecule has 9 heteroatoms. The van der Waals surface area contributed by atoms with Crippen molar-refractivity contribution >= 4 is 22.0 Å². The number of ether oxygens (including phenoxy) is 1. The summed E-state index contributed by atoms with van der Waals surface area (Å²) in [6.45, 7) is 0.314. The van der Waals surface area contributed by atoms with Gasteiger partial charge in [0.05, 0.1) is 4.90 Å². The summed E-state index contributed by atoms with van der Waals surface area (Å²) in [5.74, 6) is 0.898. The van der Waals surface area contributed by atoms with Crippen LogP contribution in [-0.2, 0) is 14.8 Å². The average Bonchev–Trinajstić information content (AvgIpc) is 2.93. The largest absolute Gasteiger partial charge is 0.457 e. The van der Waals surface area contributed by atoms with Crippen molar-refractivity contribution in [3.8, 4) is 11.5 Å². The summed E-state index contributed by atoms with van der Waals surface area (Å²) >= 11 is 0. The maximum absolute atomic E-state index is 13.0. The van der Waals surface area contributed by atoms with Crippen LogP contribution in [0.2, 0.25) is 0 Å². The fourth-order valence-electron chi connectivity index (χ4n) is 3.66. The molecule has 1 spiro atoms. The van der Waals surface area contributed by atoms with Gasteiger partial charge in [-0.2, -0.15) is 4.31 Å². The number of nitrogens with zero attached hydrogens (tertiary/aromatic N) is 2. The number of sulfonamides is 1. The summed E-state index contributed by atoms with van der Waals surface area (Å²) in [5, 5.41) is 2.71. The highest BCUT2D eigenvalue weighted by molar-refractivity contribution is 7.89. The van der Waals surface area contributed by atoms with Gasteiger partial charge < -0.3 is 10.1 Å². The number of rotatable bonds is 4. The normalized spacial score (nSPS) is 19.4. The van der Waals surface area contributed by atoms with E-state index in [9.17, 15) is 18.0 Å². The smallest absolute Gasteiger partial charge is 0.324 e. The van der Waals surface area contributed by atoms with Crippen molar-refractivity contribution in [2.75, 3.05) is 20.1 Å². The summed E-state index contributed by atoms with van der Waals surface area (Å²) in [7, 11) is -2.28. The lowest BCUT2D eigenvalue weighted by molar-refractivity contribution is -0.131. The standard InChI is InChI=1S/C20H21N3O5S/c1-22-18(24)20(21-19(22)25)11-13-23(14-12-20)29(26,27)17-9-7-16(8-10-17)28-15-5-3-2-4-6-15/h2-10H,11-14H2,1H3,(H,21,25). The van der Waals surface area contributed by atoms with Gasteiger partial charge in [-0.15, -0.1) is 0 Å². The fraction of sp³-hybridized carbons (Fsp3) is 0.300. The molecule has 2 aromatic carbocycles. The number of piperidine rings is 1. The van der Waals surface area contributed by atoms with Crippen molar-refractivity contribution < 1.29 is 22.7 Å². The van der Waals surface area contributed by atoms with Crippen LogP contribution >= 0.6 is 0 Å². The summed E-state index contributed by atoms with van der Waals surface area (Å²) in [4.78, 5) is 25.3. The second kappa shape index (κ2) is 7.16. The molecule has 0 bridgehead atoms. The summed E-state index contributed by atoms with van der Waals surface area (Å²) in [5.41, 5.74) is -0.995. The molecule has 152 valence electrons. The number of carbonyl (C=O) groups is 2. The first-order valence-corrected chi connectivity index (χ1v) is 10.7. The third-order valence-electron chi connectivity index (χ3n) is 5.38. The molecule has 0 aliphatic carbocycles. The molecule has 0 aromatic heterocycles. The lowest BCUT2D eigenvalue weighted by Crippen LogP contribution is -2.55. The number of likely N-dealkylation sites (N-methyl/N-ethyl adjacent to an activating group) is 1. The van der Waals surface area contributed by atoms with Crippen LogP contribution in [0.1, 0.15) is 12.8 Å². The minimum atomic E-state index is -3.70. The number of imide groups is 1. The van der Waals surface area contributed by atoms with E-state index < -0.39 is 21.6 Å². The molecular weight excluding hydrogens is 394 g/mol. The van der Waals surface area contributed by atoms with Gasteiger partial charge in [-0.3, -0.25) is 9.69 Å². The first-order chi connectivity index (χ1) is 13.8. The van der Waals surface area contributed by atoms with Gasteiger partial charge in [0.1, 0.15) is 17.0 Å². The van der Waals surface area contributed by atoms with Crippen LogP contribution in [0.5, 0.6) is 11.5 Å². The van der Waals surface area contributed by atoms with Crippen molar-refractivity contribution in [1.82, 2.24) is 14.5 Å². The third-order valence-corrected chi connectivity index (χ3v) is 7.29. The first-order valence-electron chi connectivity index (χ1n) is 9.25. The summed E-state index contributed by atoms with van der Waals surface area (Å²) in [6, 6.07) is 15.0. The van der Waals surface area contributed by atoms with Crippen LogP contribution in [0.4, 0.5) is 4.79 Å². The van der Waals surface area contributed by atoms with E-state index in [1.807, 2.05) is 30.3 Å². The average molecular weight is 415 g/mol. The van der Waals surface area contributed by atoms with Gasteiger partial charge >= 0.3 is 6.03 Å². The zero-order valence-corrected chi connectivity index (χ0v) is 16.7. The van der Waals surface area contributed by atoms with E-state index in [0.29, 0.717) is 11.5 Å². The summed E-state index contributed by atoms with van der Waals surface area (Å²) in [6.07, 6.45) is 0.493. The van der Waals surface area contributed by atoms with Gasteiger partial charge in [0.15, 0.2) is 0 Å². The zero-order chi connectivity index (χ0) is 20.6. The number of amides is 3. The molecule has 2 saturated heterocycles. The van der Waals surface area contributed by atoms with E-state index in [1.165, 1.54) is 23.5 Å². The molecule has 2 heterocycles. The Morgan fingerprint density at radius 2 is 1.52 bits per heavy atom. The molecule has 3 amide bonds. The Morgan fingerprint density at radius 1 is 0.931 bits per heavy atom. The lowest BCUT2D eigenvalue weighted by Gasteiger charge is -2.36. The Balaban J connectivity index is 1.45. The van der Waals surface area contributed by atoms with Crippen molar-refractivity contribution in [2.45, 2.75) is 23.3 Å². The van der Waals surface area contributed by atoms with Gasteiger partial charge in [0.25, 0.3) is 5.91 Å². The Bertz CT molecular complexity index is 1030. The quantitative estimate of drug-likeness (QED) is 0.773. The lowest BCUT2D eigenvalue weighted by atomic mass is 9.88. The van der Waals surface area contributed by atoms with Crippen molar-refractivity contribution in [3.05, 3.63) is 54.6 Å². The zero-order valence-electron chi connectivity index (χ0n) is 15.9. The molecule has 2 aliphatic rings. The van der Waals surface area contributed by atoms with Crippen LogP contribution in [0.3, 0.4) is 0 Å². The SMILES string of the molecule is CN1C(=O)NC2(CCN(S(=O)(=O)c3ccc(Oc4ccccc4)cc3)CC2)C1=O. The minimum Gasteiger partial charge on any atom is -0.457 e. The Kier molecular flexibility index (Phi) is 4.79. The first kappa shape index (κ1) is 19.4. The van der Waals surface area contributed by atoms with E-state index >= 15 is 0 Å². The van der Waals surface area contributed by atoms with E-state index in [1.54, 1.807) is 12.1 Å². The number of hydrogen-bond acceptors (Lipinski definition) is 5. The molecular formula is C20H21N3O5S. The van der Waals surface area contributed by atoms with Gasteiger partial charge in [0.2, 0.25) is 10.0 Å². The number of para-hydroxylation sites is 1. The van der Waals surface area contributed by atoms with Crippen molar-refractivity contribution in [3.63, 3.8) is 0 Å². The van der Waals surface area contributed by atoms with Gasteiger partial charge in [-0.05, 0) is 49.2 Å². The van der Waals surface area contributed by atoms with Crippen molar-refractivity contribution in [2.24, 2.45) is 0 Å². The van der Waals surface area contributed by atoms with E-state index in [0.717, 1.165) is 4.90 Å². The molecule has 4 rings (SSSR count). The predicted molar refractivity (Wildman–Crippen MR) is 105 cm³/mol. The Hall–Kier alpha value is -2.91. The number of urea groups is 1. The van der Waals surface area contributed by atoms with Crippen LogP contribution in [0.15, 0.2) is 59.5 Å². The van der Waals surface area contributed by atoms with Gasteiger partial charge in [-0.1, -0.05) is 18.2 Å². The summed E-state index contributed by atoms with van der Waals surface area (Å²) < 4.78 is 33.0. The Morgan fingerprint density at radius 3 is 2.07 bits per heavy atom. The van der Waals surface area contributed by atoms with Crippen LogP contribution in [-0.4, -0.2) is 55.2 Å². The Labute approximate surface area is 169 Å². The molecule has 8 nitrogen and oxygen atoms in total. The number of nitrogens with one attached hydrogen (secondary N) is 1. The highest BCUT2D eigenvalue weighted by Crippen LogP contribution is 2.32. The highest BCUT2D eigenvalue weighted by Gasteiger charge is 2.52. The maximum Gasteiger partial charge on any atom is 0.324 e. The van der Waals surface area contributed by atoms with Crippen molar-refractivity contribution in [1.29, 1.82) is 0 Å². The molecule has 2 aromatic rings. The maximum atomic E-state index is 13.0. The highest BCUT2D eigenvalue weighted by atomic mass is 32.2. The molecule has 2 fully saturated rings. The monoisotopic (exact) mass is 415 g/mol. The minimum absolute atomic E-state index is 0.157. The van der Waals surface area contributed by atoms with Crippen LogP contribution < -0.4 is 10.1 Å². The molecule has 0 atom stereocenters. The molecule has 0 radical (unpaired) electrons. The molecule has 29 heavy (non-hydrogen) atoms.